The Kier molecular flexibility index (Phi) is 6.77. The van der Waals surface area contributed by atoms with E-state index in [1.54, 1.807) is 11.4 Å². The molecule has 0 spiro atoms. The van der Waals surface area contributed by atoms with E-state index in [0.717, 1.165) is 38.8 Å². The first-order chi connectivity index (χ1) is 8.83. The highest BCUT2D eigenvalue weighted by Crippen LogP contribution is 2.19. The Morgan fingerprint density at radius 1 is 1.21 bits per heavy atom. The quantitative estimate of drug-likeness (QED) is 0.781. The Labute approximate surface area is 119 Å². The molecule has 1 aliphatic heterocycles. The van der Waals surface area contributed by atoms with Gasteiger partial charge in [-0.25, -0.2) is 12.7 Å². The summed E-state index contributed by atoms with van der Waals surface area (Å²) in [5.41, 5.74) is 0. The van der Waals surface area contributed by atoms with E-state index in [-0.39, 0.29) is 6.04 Å². The number of rotatable bonds is 7. The zero-order valence-electron chi connectivity index (χ0n) is 12.9. The van der Waals surface area contributed by atoms with Gasteiger partial charge in [-0.1, -0.05) is 13.8 Å². The van der Waals surface area contributed by atoms with Crippen molar-refractivity contribution >= 4 is 10.0 Å². The number of sulfonamides is 1. The normalized spacial score (nSPS) is 20.1. The molecule has 1 unspecified atom stereocenters. The minimum Gasteiger partial charge on any atom is -0.317 e. The van der Waals surface area contributed by atoms with Crippen molar-refractivity contribution in [1.82, 2.24) is 9.62 Å². The maximum atomic E-state index is 12.3. The highest BCUT2D eigenvalue weighted by Gasteiger charge is 2.25. The molecule has 1 N–H and O–H groups in total. The van der Waals surface area contributed by atoms with Crippen molar-refractivity contribution < 1.29 is 8.42 Å². The van der Waals surface area contributed by atoms with Crippen molar-refractivity contribution in [3.05, 3.63) is 0 Å². The zero-order chi connectivity index (χ0) is 14.5. The van der Waals surface area contributed by atoms with E-state index in [0.29, 0.717) is 17.6 Å². The summed E-state index contributed by atoms with van der Waals surface area (Å²) >= 11 is 0. The SMILES string of the molecule is CC(C)CC(C)N(C)S(=O)(=O)CCC1CCNCC1. The first-order valence-electron chi connectivity index (χ1n) is 7.49. The molecule has 1 heterocycles. The molecule has 1 rings (SSSR count). The molecule has 0 saturated carbocycles. The van der Waals surface area contributed by atoms with E-state index in [4.69, 9.17) is 0 Å². The molecule has 0 aromatic carbocycles. The average molecular weight is 290 g/mol. The molecule has 1 fully saturated rings. The second-order valence-electron chi connectivity index (χ2n) is 6.29. The lowest BCUT2D eigenvalue weighted by atomic mass is 9.96. The van der Waals surface area contributed by atoms with Crippen LogP contribution in [-0.2, 0) is 10.0 Å². The molecular formula is C14H30N2O2S. The highest BCUT2D eigenvalue weighted by atomic mass is 32.2. The Morgan fingerprint density at radius 2 is 1.79 bits per heavy atom. The summed E-state index contributed by atoms with van der Waals surface area (Å²) in [5, 5.41) is 3.31. The molecule has 5 heteroatoms. The third-order valence-corrected chi connectivity index (χ3v) is 6.10. The van der Waals surface area contributed by atoms with Crippen LogP contribution in [0.5, 0.6) is 0 Å². The van der Waals surface area contributed by atoms with E-state index in [1.165, 1.54) is 0 Å². The predicted octanol–water partition coefficient (Wildman–Crippen LogP) is 2.07. The standard InChI is InChI=1S/C14H30N2O2S/c1-12(2)11-13(3)16(4)19(17,18)10-7-14-5-8-15-9-6-14/h12-15H,5-11H2,1-4H3. The third-order valence-electron chi connectivity index (χ3n) is 4.11. The van der Waals surface area contributed by atoms with Crippen LogP contribution in [0.2, 0.25) is 0 Å². The first-order valence-corrected chi connectivity index (χ1v) is 9.10. The summed E-state index contributed by atoms with van der Waals surface area (Å²) in [5.74, 6) is 1.40. The summed E-state index contributed by atoms with van der Waals surface area (Å²) in [7, 11) is -1.36. The molecule has 1 atom stereocenters. The van der Waals surface area contributed by atoms with Gasteiger partial charge in [-0.05, 0) is 57.5 Å². The van der Waals surface area contributed by atoms with Crippen LogP contribution >= 0.6 is 0 Å². The number of piperidine rings is 1. The maximum absolute atomic E-state index is 12.3. The van der Waals surface area contributed by atoms with Crippen LogP contribution in [0.4, 0.5) is 0 Å². The lowest BCUT2D eigenvalue weighted by Crippen LogP contribution is -2.38. The molecular weight excluding hydrogens is 260 g/mol. The maximum Gasteiger partial charge on any atom is 0.214 e. The van der Waals surface area contributed by atoms with E-state index >= 15 is 0 Å². The molecule has 0 amide bonds. The minimum absolute atomic E-state index is 0.0954. The monoisotopic (exact) mass is 290 g/mol. The molecule has 0 bridgehead atoms. The molecule has 1 aliphatic rings. The van der Waals surface area contributed by atoms with E-state index in [2.05, 4.69) is 19.2 Å². The van der Waals surface area contributed by atoms with Crippen LogP contribution < -0.4 is 5.32 Å². The number of hydrogen-bond donors (Lipinski definition) is 1. The summed E-state index contributed by atoms with van der Waals surface area (Å²) in [6.45, 7) is 8.33. The Balaban J connectivity index is 2.45. The Morgan fingerprint density at radius 3 is 2.32 bits per heavy atom. The fraction of sp³-hybridized carbons (Fsp3) is 1.00. The van der Waals surface area contributed by atoms with Gasteiger partial charge in [0, 0.05) is 13.1 Å². The zero-order valence-corrected chi connectivity index (χ0v) is 13.7. The van der Waals surface area contributed by atoms with Gasteiger partial charge in [-0.2, -0.15) is 0 Å². The largest absolute Gasteiger partial charge is 0.317 e. The van der Waals surface area contributed by atoms with E-state index < -0.39 is 10.0 Å². The molecule has 0 aromatic heterocycles. The van der Waals surface area contributed by atoms with Gasteiger partial charge in [-0.3, -0.25) is 0 Å². The van der Waals surface area contributed by atoms with Crippen molar-refractivity contribution in [2.24, 2.45) is 11.8 Å². The van der Waals surface area contributed by atoms with Gasteiger partial charge >= 0.3 is 0 Å². The van der Waals surface area contributed by atoms with Gasteiger partial charge in [0.2, 0.25) is 10.0 Å². The van der Waals surface area contributed by atoms with Crippen molar-refractivity contribution in [2.45, 2.75) is 52.5 Å². The smallest absolute Gasteiger partial charge is 0.214 e. The molecule has 19 heavy (non-hydrogen) atoms. The summed E-state index contributed by atoms with van der Waals surface area (Å²) in [4.78, 5) is 0. The molecule has 0 aliphatic carbocycles. The fourth-order valence-electron chi connectivity index (χ4n) is 2.73. The van der Waals surface area contributed by atoms with Crippen LogP contribution in [0.1, 0.15) is 46.5 Å². The van der Waals surface area contributed by atoms with Crippen molar-refractivity contribution in [3.8, 4) is 0 Å². The topological polar surface area (TPSA) is 49.4 Å². The van der Waals surface area contributed by atoms with Gasteiger partial charge < -0.3 is 5.32 Å². The summed E-state index contributed by atoms with van der Waals surface area (Å²) < 4.78 is 26.2. The lowest BCUT2D eigenvalue weighted by molar-refractivity contribution is 0.330. The second kappa shape index (κ2) is 7.60. The highest BCUT2D eigenvalue weighted by molar-refractivity contribution is 7.89. The van der Waals surface area contributed by atoms with Crippen LogP contribution in [0.25, 0.3) is 0 Å². The Bertz CT molecular complexity index is 348. The van der Waals surface area contributed by atoms with E-state index in [1.807, 2.05) is 6.92 Å². The predicted molar refractivity (Wildman–Crippen MR) is 80.7 cm³/mol. The van der Waals surface area contributed by atoms with Gasteiger partial charge in [0.15, 0.2) is 0 Å². The van der Waals surface area contributed by atoms with Crippen LogP contribution in [0.15, 0.2) is 0 Å². The van der Waals surface area contributed by atoms with E-state index in [9.17, 15) is 8.42 Å². The fourth-order valence-corrected chi connectivity index (χ4v) is 4.29. The van der Waals surface area contributed by atoms with Gasteiger partial charge in [0.25, 0.3) is 0 Å². The molecule has 4 nitrogen and oxygen atoms in total. The number of hydrogen-bond acceptors (Lipinski definition) is 3. The van der Waals surface area contributed by atoms with Gasteiger partial charge in [0.05, 0.1) is 5.75 Å². The Hall–Kier alpha value is -0.130. The van der Waals surface area contributed by atoms with Crippen molar-refractivity contribution in [1.29, 1.82) is 0 Å². The lowest BCUT2D eigenvalue weighted by Gasteiger charge is -2.27. The average Bonchev–Trinajstić information content (AvgIpc) is 2.36. The van der Waals surface area contributed by atoms with Crippen LogP contribution in [0, 0.1) is 11.8 Å². The molecule has 114 valence electrons. The minimum atomic E-state index is -3.09. The van der Waals surface area contributed by atoms with Crippen LogP contribution in [0.3, 0.4) is 0 Å². The number of nitrogens with zero attached hydrogens (tertiary/aromatic N) is 1. The summed E-state index contributed by atoms with van der Waals surface area (Å²) in [6.07, 6.45) is 3.95. The number of nitrogens with one attached hydrogen (secondary N) is 1. The molecule has 0 aromatic rings. The first kappa shape index (κ1) is 16.9. The van der Waals surface area contributed by atoms with Gasteiger partial charge in [0.1, 0.15) is 0 Å². The molecule has 1 saturated heterocycles. The van der Waals surface area contributed by atoms with Crippen molar-refractivity contribution in [2.75, 3.05) is 25.9 Å². The third kappa shape index (κ3) is 5.79. The second-order valence-corrected chi connectivity index (χ2v) is 8.44. The summed E-state index contributed by atoms with van der Waals surface area (Å²) in [6, 6.07) is 0.0954. The molecule has 0 radical (unpaired) electrons. The van der Waals surface area contributed by atoms with Gasteiger partial charge in [-0.15, -0.1) is 0 Å². The van der Waals surface area contributed by atoms with Crippen molar-refractivity contribution in [3.63, 3.8) is 0 Å². The van der Waals surface area contributed by atoms with Crippen LogP contribution in [-0.4, -0.2) is 44.7 Å².